The molecule has 1 rings (SSSR count). The maximum absolute atomic E-state index is 11.5. The van der Waals surface area contributed by atoms with Crippen molar-refractivity contribution in [3.63, 3.8) is 0 Å². The van der Waals surface area contributed by atoms with Crippen molar-refractivity contribution >= 4 is 29.1 Å². The molecular weight excluding hydrogens is 237 g/mol. The highest BCUT2D eigenvalue weighted by Crippen LogP contribution is 2.16. The predicted octanol–water partition coefficient (Wildman–Crippen LogP) is 1.34. The van der Waals surface area contributed by atoms with Crippen LogP contribution in [0.2, 0.25) is 10.3 Å². The molecule has 0 bridgehead atoms. The minimum Gasteiger partial charge on any atom is -0.351 e. The fourth-order valence-corrected chi connectivity index (χ4v) is 1.41. The molecule has 0 atom stereocenters. The van der Waals surface area contributed by atoms with Gasteiger partial charge < -0.3 is 10.6 Å². The smallest absolute Gasteiger partial charge is 0.254 e. The Morgan fingerprint density at radius 2 is 2.13 bits per heavy atom. The summed E-state index contributed by atoms with van der Waals surface area (Å²) < 4.78 is 0. The predicted molar refractivity (Wildman–Crippen MR) is 60.5 cm³/mol. The van der Waals surface area contributed by atoms with Gasteiger partial charge in [-0.2, -0.15) is 0 Å². The number of carbonyl (C=O) groups is 1. The number of likely N-dealkylation sites (N-methyl/N-ethyl adjacent to an activating group) is 1. The molecule has 0 radical (unpaired) electrons. The van der Waals surface area contributed by atoms with Gasteiger partial charge in [0.1, 0.15) is 10.3 Å². The SMILES string of the molecule is CNCCNC(=O)c1ccc(Cl)nc1Cl. The Morgan fingerprint density at radius 1 is 1.40 bits per heavy atom. The van der Waals surface area contributed by atoms with Crippen LogP contribution in [0.3, 0.4) is 0 Å². The lowest BCUT2D eigenvalue weighted by molar-refractivity contribution is 0.0954. The van der Waals surface area contributed by atoms with Gasteiger partial charge in [-0.05, 0) is 19.2 Å². The highest BCUT2D eigenvalue weighted by atomic mass is 35.5. The minimum atomic E-state index is -0.251. The van der Waals surface area contributed by atoms with E-state index in [-0.39, 0.29) is 16.2 Å². The van der Waals surface area contributed by atoms with Crippen LogP contribution < -0.4 is 10.6 Å². The van der Waals surface area contributed by atoms with Crippen molar-refractivity contribution in [2.75, 3.05) is 20.1 Å². The first-order valence-corrected chi connectivity index (χ1v) is 5.15. The van der Waals surface area contributed by atoms with E-state index < -0.39 is 0 Å². The zero-order valence-corrected chi connectivity index (χ0v) is 9.69. The first kappa shape index (κ1) is 12.2. The molecule has 2 N–H and O–H groups in total. The molecule has 4 nitrogen and oxygen atoms in total. The van der Waals surface area contributed by atoms with Crippen LogP contribution in [-0.4, -0.2) is 31.0 Å². The molecule has 0 unspecified atom stereocenters. The van der Waals surface area contributed by atoms with Crippen molar-refractivity contribution in [1.29, 1.82) is 0 Å². The van der Waals surface area contributed by atoms with Gasteiger partial charge in [0.15, 0.2) is 0 Å². The third-order valence-corrected chi connectivity index (χ3v) is 2.22. The van der Waals surface area contributed by atoms with Gasteiger partial charge in [-0.1, -0.05) is 23.2 Å². The molecule has 0 aliphatic carbocycles. The monoisotopic (exact) mass is 247 g/mol. The molecule has 1 heterocycles. The summed E-state index contributed by atoms with van der Waals surface area (Å²) in [6.45, 7) is 1.23. The van der Waals surface area contributed by atoms with Crippen molar-refractivity contribution in [2.24, 2.45) is 0 Å². The Hall–Kier alpha value is -0.840. The zero-order chi connectivity index (χ0) is 11.3. The van der Waals surface area contributed by atoms with Crippen LogP contribution in [0.5, 0.6) is 0 Å². The number of nitrogens with zero attached hydrogens (tertiary/aromatic N) is 1. The van der Waals surface area contributed by atoms with E-state index in [1.165, 1.54) is 6.07 Å². The van der Waals surface area contributed by atoms with E-state index in [0.29, 0.717) is 18.7 Å². The van der Waals surface area contributed by atoms with E-state index in [2.05, 4.69) is 15.6 Å². The number of aromatic nitrogens is 1. The van der Waals surface area contributed by atoms with Gasteiger partial charge in [0.2, 0.25) is 0 Å². The third kappa shape index (κ3) is 3.66. The number of pyridine rings is 1. The van der Waals surface area contributed by atoms with Crippen molar-refractivity contribution < 1.29 is 4.79 Å². The summed E-state index contributed by atoms with van der Waals surface area (Å²) in [5.74, 6) is -0.251. The van der Waals surface area contributed by atoms with Crippen LogP contribution in [-0.2, 0) is 0 Å². The summed E-state index contributed by atoms with van der Waals surface area (Å²) in [5, 5.41) is 5.99. The average molecular weight is 248 g/mol. The fraction of sp³-hybridized carbons (Fsp3) is 0.333. The number of halogens is 2. The number of rotatable bonds is 4. The van der Waals surface area contributed by atoms with Gasteiger partial charge in [-0.3, -0.25) is 4.79 Å². The second-order valence-electron chi connectivity index (χ2n) is 2.83. The molecule has 0 saturated carbocycles. The number of nitrogens with one attached hydrogen (secondary N) is 2. The lowest BCUT2D eigenvalue weighted by Crippen LogP contribution is -2.30. The maximum Gasteiger partial charge on any atom is 0.254 e. The molecular formula is C9H11Cl2N3O. The van der Waals surface area contributed by atoms with E-state index in [1.807, 2.05) is 7.05 Å². The number of hydrogen-bond donors (Lipinski definition) is 2. The first-order valence-electron chi connectivity index (χ1n) is 4.40. The molecule has 1 aromatic rings. The quantitative estimate of drug-likeness (QED) is 0.624. The van der Waals surface area contributed by atoms with E-state index in [4.69, 9.17) is 23.2 Å². The van der Waals surface area contributed by atoms with Crippen LogP contribution in [0.15, 0.2) is 12.1 Å². The van der Waals surface area contributed by atoms with Gasteiger partial charge in [0, 0.05) is 13.1 Å². The van der Waals surface area contributed by atoms with Crippen molar-refractivity contribution in [2.45, 2.75) is 0 Å². The molecule has 6 heteroatoms. The van der Waals surface area contributed by atoms with Gasteiger partial charge in [-0.15, -0.1) is 0 Å². The van der Waals surface area contributed by atoms with E-state index >= 15 is 0 Å². The summed E-state index contributed by atoms with van der Waals surface area (Å²) >= 11 is 11.4. The maximum atomic E-state index is 11.5. The highest BCUT2D eigenvalue weighted by Gasteiger charge is 2.10. The summed E-state index contributed by atoms with van der Waals surface area (Å²) in [4.78, 5) is 15.3. The molecule has 15 heavy (non-hydrogen) atoms. The van der Waals surface area contributed by atoms with Crippen molar-refractivity contribution in [3.05, 3.63) is 28.0 Å². The molecule has 1 amide bonds. The van der Waals surface area contributed by atoms with Crippen LogP contribution >= 0.6 is 23.2 Å². The normalized spacial score (nSPS) is 10.1. The van der Waals surface area contributed by atoms with Gasteiger partial charge in [-0.25, -0.2) is 4.98 Å². The Labute approximate surface area is 98.0 Å². The first-order chi connectivity index (χ1) is 7.15. The zero-order valence-electron chi connectivity index (χ0n) is 8.18. The number of amides is 1. The van der Waals surface area contributed by atoms with Crippen molar-refractivity contribution in [1.82, 2.24) is 15.6 Å². The second kappa shape index (κ2) is 5.90. The number of hydrogen-bond acceptors (Lipinski definition) is 3. The summed E-state index contributed by atoms with van der Waals surface area (Å²) in [6.07, 6.45) is 0. The molecule has 0 aliphatic rings. The summed E-state index contributed by atoms with van der Waals surface area (Å²) in [6, 6.07) is 3.08. The standard InChI is InChI=1S/C9H11Cl2N3O/c1-12-4-5-13-9(15)6-2-3-7(10)14-8(6)11/h2-3,12H,4-5H2,1H3,(H,13,15). The lowest BCUT2D eigenvalue weighted by Gasteiger charge is -2.05. The molecule has 0 aromatic carbocycles. The Bertz CT molecular complexity index is 357. The summed E-state index contributed by atoms with van der Waals surface area (Å²) in [5.41, 5.74) is 0.331. The van der Waals surface area contributed by atoms with E-state index in [1.54, 1.807) is 6.07 Å². The number of carbonyl (C=O) groups excluding carboxylic acids is 1. The molecule has 0 spiro atoms. The van der Waals surface area contributed by atoms with E-state index in [0.717, 1.165) is 0 Å². The Balaban J connectivity index is 2.65. The highest BCUT2D eigenvalue weighted by molar-refractivity contribution is 6.34. The van der Waals surface area contributed by atoms with Crippen molar-refractivity contribution in [3.8, 4) is 0 Å². The molecule has 0 aliphatic heterocycles. The van der Waals surface area contributed by atoms with Gasteiger partial charge in [0.05, 0.1) is 5.56 Å². The average Bonchev–Trinajstić information content (AvgIpc) is 2.17. The second-order valence-corrected chi connectivity index (χ2v) is 3.58. The molecule has 0 fully saturated rings. The lowest BCUT2D eigenvalue weighted by atomic mass is 10.2. The van der Waals surface area contributed by atoms with Crippen LogP contribution in [0, 0.1) is 0 Å². The Kier molecular flexibility index (Phi) is 4.81. The van der Waals surface area contributed by atoms with Gasteiger partial charge in [0.25, 0.3) is 5.91 Å². The molecule has 0 saturated heterocycles. The van der Waals surface area contributed by atoms with Crippen LogP contribution in [0.4, 0.5) is 0 Å². The third-order valence-electron chi connectivity index (χ3n) is 1.72. The molecule has 1 aromatic heterocycles. The minimum absolute atomic E-state index is 0.115. The van der Waals surface area contributed by atoms with Crippen LogP contribution in [0.1, 0.15) is 10.4 Å². The fourth-order valence-electron chi connectivity index (χ4n) is 0.978. The van der Waals surface area contributed by atoms with E-state index in [9.17, 15) is 4.79 Å². The van der Waals surface area contributed by atoms with Crippen LogP contribution in [0.25, 0.3) is 0 Å². The Morgan fingerprint density at radius 3 is 2.73 bits per heavy atom. The topological polar surface area (TPSA) is 54.0 Å². The molecule has 82 valence electrons. The van der Waals surface area contributed by atoms with Gasteiger partial charge >= 0.3 is 0 Å². The largest absolute Gasteiger partial charge is 0.351 e. The summed E-state index contributed by atoms with van der Waals surface area (Å²) in [7, 11) is 1.81.